The minimum Gasteiger partial charge on any atom is -0.348 e. The predicted molar refractivity (Wildman–Crippen MR) is 108 cm³/mol. The molecule has 0 aliphatic carbocycles. The molecule has 0 bridgehead atoms. The highest BCUT2D eigenvalue weighted by atomic mass is 16.2. The van der Waals surface area contributed by atoms with Crippen LogP contribution in [0.15, 0.2) is 54.7 Å². The van der Waals surface area contributed by atoms with Gasteiger partial charge in [-0.15, -0.1) is 0 Å². The van der Waals surface area contributed by atoms with Gasteiger partial charge in [0.25, 0.3) is 11.8 Å². The number of carbonyl (C=O) groups excluding carboxylic acids is 2. The van der Waals surface area contributed by atoms with Gasteiger partial charge in [-0.3, -0.25) is 14.0 Å². The number of aromatic nitrogens is 2. The molecular weight excluding hydrogens is 354 g/mol. The van der Waals surface area contributed by atoms with Crippen LogP contribution >= 0.6 is 0 Å². The van der Waals surface area contributed by atoms with Crippen molar-refractivity contribution in [3.05, 3.63) is 71.8 Å². The van der Waals surface area contributed by atoms with E-state index in [4.69, 9.17) is 0 Å². The van der Waals surface area contributed by atoms with Crippen LogP contribution < -0.4 is 10.6 Å². The average molecular weight is 379 g/mol. The molecule has 2 amide bonds. The number of rotatable bonds is 7. The minimum atomic E-state index is -0.313. The number of imidazole rings is 1. The number of pyridine rings is 1. The van der Waals surface area contributed by atoms with Crippen LogP contribution in [0.2, 0.25) is 0 Å². The van der Waals surface area contributed by atoms with E-state index in [2.05, 4.69) is 15.6 Å². The summed E-state index contributed by atoms with van der Waals surface area (Å²) in [4.78, 5) is 31.8. The molecule has 1 aromatic carbocycles. The summed E-state index contributed by atoms with van der Waals surface area (Å²) in [6.45, 7) is 3.14. The van der Waals surface area contributed by atoms with Gasteiger partial charge in [0.1, 0.15) is 0 Å². The highest BCUT2D eigenvalue weighted by Crippen LogP contribution is 2.16. The maximum atomic E-state index is 12.9. The van der Waals surface area contributed by atoms with Crippen molar-refractivity contribution in [2.24, 2.45) is 0 Å². The average Bonchev–Trinajstić information content (AvgIpc) is 3.08. The highest BCUT2D eigenvalue weighted by molar-refractivity contribution is 6.02. The molecular formula is C21H25N5O2. The first kappa shape index (κ1) is 19.6. The standard InChI is InChI=1S/C21H25N5O2/c1-15(16-9-5-4-6-10-16)23-20(27)18-17-11-7-8-13-26(17)19(24-18)21(28)22-12-14-25(2)3/h4-11,13,15H,12,14H2,1-3H3,(H,22,28)(H,23,27). The summed E-state index contributed by atoms with van der Waals surface area (Å²) in [5.41, 5.74) is 1.83. The zero-order valence-corrected chi connectivity index (χ0v) is 16.3. The molecule has 0 saturated carbocycles. The van der Waals surface area contributed by atoms with E-state index in [1.807, 2.05) is 62.3 Å². The molecule has 7 nitrogen and oxygen atoms in total. The molecule has 2 heterocycles. The van der Waals surface area contributed by atoms with Gasteiger partial charge in [0, 0.05) is 19.3 Å². The largest absolute Gasteiger partial charge is 0.348 e. The Morgan fingerprint density at radius 2 is 1.79 bits per heavy atom. The van der Waals surface area contributed by atoms with Crippen LogP contribution in [0, 0.1) is 0 Å². The normalized spacial score (nSPS) is 12.1. The van der Waals surface area contributed by atoms with Gasteiger partial charge in [0.2, 0.25) is 5.82 Å². The number of nitrogens with zero attached hydrogens (tertiary/aromatic N) is 3. The number of nitrogens with one attached hydrogen (secondary N) is 2. The molecule has 0 aliphatic rings. The zero-order valence-electron chi connectivity index (χ0n) is 16.3. The van der Waals surface area contributed by atoms with Crippen LogP contribution in [0.1, 0.15) is 39.6 Å². The molecule has 7 heteroatoms. The van der Waals surface area contributed by atoms with Crippen LogP contribution in [0.25, 0.3) is 5.52 Å². The van der Waals surface area contributed by atoms with Gasteiger partial charge in [0.15, 0.2) is 5.69 Å². The number of hydrogen-bond donors (Lipinski definition) is 2. The van der Waals surface area contributed by atoms with Gasteiger partial charge in [0.05, 0.1) is 11.6 Å². The first-order valence-corrected chi connectivity index (χ1v) is 9.23. The number of hydrogen-bond acceptors (Lipinski definition) is 4. The summed E-state index contributed by atoms with van der Waals surface area (Å²) < 4.78 is 1.65. The molecule has 2 N–H and O–H groups in total. The van der Waals surface area contributed by atoms with Crippen LogP contribution in [-0.4, -0.2) is 53.3 Å². The summed E-state index contributed by atoms with van der Waals surface area (Å²) in [5.74, 6) is -0.419. The van der Waals surface area contributed by atoms with Gasteiger partial charge in [-0.05, 0) is 38.7 Å². The fourth-order valence-electron chi connectivity index (χ4n) is 2.93. The van der Waals surface area contributed by atoms with Crippen molar-refractivity contribution >= 4 is 17.3 Å². The maximum Gasteiger partial charge on any atom is 0.287 e. The first-order chi connectivity index (χ1) is 13.5. The Morgan fingerprint density at radius 3 is 2.50 bits per heavy atom. The van der Waals surface area contributed by atoms with E-state index in [9.17, 15) is 9.59 Å². The summed E-state index contributed by atoms with van der Waals surface area (Å²) >= 11 is 0. The quantitative estimate of drug-likeness (QED) is 0.659. The first-order valence-electron chi connectivity index (χ1n) is 9.23. The fraction of sp³-hybridized carbons (Fsp3) is 0.286. The Balaban J connectivity index is 1.83. The lowest BCUT2D eigenvalue weighted by atomic mass is 10.1. The van der Waals surface area contributed by atoms with E-state index < -0.39 is 0 Å². The SMILES string of the molecule is CC(NC(=O)c1nc(C(=O)NCCN(C)C)n2ccccc12)c1ccccc1. The van der Waals surface area contributed by atoms with E-state index in [0.29, 0.717) is 12.1 Å². The molecule has 3 aromatic rings. The topological polar surface area (TPSA) is 78.7 Å². The Hall–Kier alpha value is -3.19. The van der Waals surface area contributed by atoms with Crippen LogP contribution in [0.3, 0.4) is 0 Å². The molecule has 2 aromatic heterocycles. The lowest BCUT2D eigenvalue weighted by Gasteiger charge is -2.13. The van der Waals surface area contributed by atoms with Crippen molar-refractivity contribution in [1.82, 2.24) is 24.9 Å². The molecule has 146 valence electrons. The third-order valence-corrected chi connectivity index (χ3v) is 4.46. The third kappa shape index (κ3) is 4.37. The molecule has 0 spiro atoms. The van der Waals surface area contributed by atoms with E-state index >= 15 is 0 Å². The summed E-state index contributed by atoms with van der Waals surface area (Å²) in [6, 6.07) is 14.9. The van der Waals surface area contributed by atoms with Crippen molar-refractivity contribution in [1.29, 1.82) is 0 Å². The summed E-state index contributed by atoms with van der Waals surface area (Å²) in [5, 5.41) is 5.81. The molecule has 28 heavy (non-hydrogen) atoms. The van der Waals surface area contributed by atoms with Gasteiger partial charge in [-0.25, -0.2) is 4.98 Å². The van der Waals surface area contributed by atoms with Crippen LogP contribution in [0.4, 0.5) is 0 Å². The zero-order chi connectivity index (χ0) is 20.1. The molecule has 1 atom stereocenters. The van der Waals surface area contributed by atoms with Crippen LogP contribution in [0.5, 0.6) is 0 Å². The predicted octanol–water partition coefficient (Wildman–Crippen LogP) is 2.12. The van der Waals surface area contributed by atoms with Crippen molar-refractivity contribution in [2.45, 2.75) is 13.0 Å². The third-order valence-electron chi connectivity index (χ3n) is 4.46. The second-order valence-electron chi connectivity index (χ2n) is 6.90. The molecule has 0 radical (unpaired) electrons. The van der Waals surface area contributed by atoms with Crippen molar-refractivity contribution in [3.63, 3.8) is 0 Å². The minimum absolute atomic E-state index is 0.175. The van der Waals surface area contributed by atoms with E-state index in [1.165, 1.54) is 0 Å². The fourth-order valence-corrected chi connectivity index (χ4v) is 2.93. The number of benzene rings is 1. The smallest absolute Gasteiger partial charge is 0.287 e. The van der Waals surface area contributed by atoms with Crippen molar-refractivity contribution < 1.29 is 9.59 Å². The summed E-state index contributed by atoms with van der Waals surface area (Å²) in [7, 11) is 3.88. The second-order valence-corrected chi connectivity index (χ2v) is 6.90. The van der Waals surface area contributed by atoms with E-state index in [0.717, 1.165) is 12.1 Å². The van der Waals surface area contributed by atoms with E-state index in [-0.39, 0.29) is 29.4 Å². The Labute approximate surface area is 164 Å². The molecule has 0 fully saturated rings. The van der Waals surface area contributed by atoms with Crippen molar-refractivity contribution in [3.8, 4) is 0 Å². The monoisotopic (exact) mass is 379 g/mol. The van der Waals surface area contributed by atoms with Gasteiger partial charge in [-0.2, -0.15) is 0 Å². The summed E-state index contributed by atoms with van der Waals surface area (Å²) in [6.07, 6.45) is 1.74. The molecule has 1 unspecified atom stereocenters. The maximum absolute atomic E-state index is 12.9. The van der Waals surface area contributed by atoms with Crippen LogP contribution in [-0.2, 0) is 0 Å². The highest BCUT2D eigenvalue weighted by Gasteiger charge is 2.22. The number of fused-ring (bicyclic) bond motifs is 1. The lowest BCUT2D eigenvalue weighted by molar-refractivity contribution is 0.0936. The van der Waals surface area contributed by atoms with Gasteiger partial charge < -0.3 is 15.5 Å². The number of carbonyl (C=O) groups is 2. The molecule has 0 aliphatic heterocycles. The second kappa shape index (κ2) is 8.67. The number of likely N-dealkylation sites (N-methyl/N-ethyl adjacent to an activating group) is 1. The van der Waals surface area contributed by atoms with E-state index in [1.54, 1.807) is 22.7 Å². The Kier molecular flexibility index (Phi) is 6.06. The lowest BCUT2D eigenvalue weighted by Crippen LogP contribution is -2.32. The van der Waals surface area contributed by atoms with Crippen molar-refractivity contribution in [2.75, 3.05) is 27.2 Å². The van der Waals surface area contributed by atoms with Gasteiger partial charge in [-0.1, -0.05) is 36.4 Å². The Morgan fingerprint density at radius 1 is 1.07 bits per heavy atom. The number of amides is 2. The molecule has 0 saturated heterocycles. The van der Waals surface area contributed by atoms with Gasteiger partial charge >= 0.3 is 0 Å². The Bertz CT molecular complexity index is 965. The molecule has 3 rings (SSSR count).